The number of carbonyl (C=O) groups is 2. The van der Waals surface area contributed by atoms with Gasteiger partial charge in [-0.2, -0.15) is 0 Å². The van der Waals surface area contributed by atoms with E-state index in [4.69, 9.17) is 19.8 Å². The van der Waals surface area contributed by atoms with Crippen molar-refractivity contribution in [2.75, 3.05) is 0 Å². The Morgan fingerprint density at radius 2 is 1.08 bits per heavy atom. The van der Waals surface area contributed by atoms with Gasteiger partial charge in [0.05, 0.1) is 11.9 Å². The second kappa shape index (κ2) is 17.6. The van der Waals surface area contributed by atoms with E-state index in [1.165, 1.54) is 0 Å². The fourth-order valence-electron chi connectivity index (χ4n) is 0. The molecule has 0 atom stereocenters. The van der Waals surface area contributed by atoms with E-state index < -0.39 is 11.9 Å². The summed E-state index contributed by atoms with van der Waals surface area (Å²) in [6.07, 6.45) is 1.44. The summed E-state index contributed by atoms with van der Waals surface area (Å²) in [5.41, 5.74) is 0. The Labute approximate surface area is 123 Å². The normalized spacial score (nSPS) is 5.33. The molecule has 0 aromatic heterocycles. The van der Waals surface area contributed by atoms with Crippen LogP contribution < -0.4 is 10.2 Å². The number of carboxylic acids is 2. The van der Waals surface area contributed by atoms with Gasteiger partial charge >= 0.3 is 68.2 Å². The third-order valence-corrected chi connectivity index (χ3v) is 0.333. The van der Waals surface area contributed by atoms with Crippen LogP contribution in [0.15, 0.2) is 25.3 Å². The van der Waals surface area contributed by atoms with Crippen LogP contribution in [0.3, 0.4) is 0 Å². The minimum atomic E-state index is -1.23. The predicted octanol–water partition coefficient (Wildman–Crippen LogP) is -2.81. The van der Waals surface area contributed by atoms with Gasteiger partial charge in [-0.25, -0.2) is 0 Å². The average Bonchev–Trinajstić information content (AvgIpc) is 1.89. The molecular weight excluding hydrogens is 234 g/mol. The van der Waals surface area contributed by atoms with E-state index >= 15 is 0 Å². The molecule has 65 valence electrons. The summed E-state index contributed by atoms with van der Waals surface area (Å²) in [6, 6.07) is 0. The van der Waals surface area contributed by atoms with E-state index in [2.05, 4.69) is 13.2 Å². The van der Waals surface area contributed by atoms with E-state index in [1.807, 2.05) is 0 Å². The van der Waals surface area contributed by atoms with Crippen molar-refractivity contribution in [3.63, 3.8) is 0 Å². The van der Waals surface area contributed by atoms with Crippen molar-refractivity contribution in [1.29, 1.82) is 0 Å². The van der Waals surface area contributed by atoms with Crippen molar-refractivity contribution in [1.82, 2.24) is 0 Å². The van der Waals surface area contributed by atoms with Crippen molar-refractivity contribution in [2.45, 2.75) is 0 Å². The summed E-state index contributed by atoms with van der Waals surface area (Å²) in [5.74, 6) is -2.46. The minimum absolute atomic E-state index is 0. The Morgan fingerprint density at radius 3 is 1.08 bits per heavy atom. The Balaban J connectivity index is -0.0000000457. The molecule has 0 fully saturated rings. The average molecular weight is 241 g/mol. The van der Waals surface area contributed by atoms with Crippen LogP contribution in [0.25, 0.3) is 0 Å². The van der Waals surface area contributed by atoms with Gasteiger partial charge in [0.25, 0.3) is 0 Å². The van der Waals surface area contributed by atoms with E-state index in [1.54, 1.807) is 0 Å². The van der Waals surface area contributed by atoms with Crippen molar-refractivity contribution >= 4 is 63.3 Å². The standard InChI is InChI=1S/2C3H4O2.Co.K.H/c2*1-2-3(4)5;;;/h2*2H,1H2,(H,4,5);;;/q;;+2;;/p-2. The zero-order valence-electron chi connectivity index (χ0n) is 5.54. The molecule has 0 unspecified atom stereocenters. The Morgan fingerprint density at radius 1 is 1.00 bits per heavy atom. The second-order valence-corrected chi connectivity index (χ2v) is 1.05. The van der Waals surface area contributed by atoms with Crippen LogP contribution in [0.1, 0.15) is 0 Å². The molecule has 0 aliphatic rings. The molecule has 0 rings (SSSR count). The maximum atomic E-state index is 9.14. The van der Waals surface area contributed by atoms with Gasteiger partial charge in [-0.05, 0) is 12.2 Å². The van der Waals surface area contributed by atoms with Gasteiger partial charge in [0, 0.05) is 0 Å². The first-order valence-corrected chi connectivity index (χ1v) is 2.21. The topological polar surface area (TPSA) is 80.3 Å². The molecule has 0 amide bonds. The van der Waals surface area contributed by atoms with Crippen LogP contribution in [-0.2, 0) is 26.4 Å². The fraction of sp³-hybridized carbons (Fsp3) is 0. The van der Waals surface area contributed by atoms with Crippen LogP contribution in [0.2, 0.25) is 0 Å². The number of hydrogen-bond acceptors (Lipinski definition) is 4. The molecule has 12 heavy (non-hydrogen) atoms. The van der Waals surface area contributed by atoms with Crippen LogP contribution in [-0.4, -0.2) is 63.3 Å². The second-order valence-electron chi connectivity index (χ2n) is 1.05. The van der Waals surface area contributed by atoms with Crippen LogP contribution in [0, 0.1) is 0 Å². The van der Waals surface area contributed by atoms with Crippen LogP contribution in [0.4, 0.5) is 0 Å². The van der Waals surface area contributed by atoms with Gasteiger partial charge < -0.3 is 19.8 Å². The van der Waals surface area contributed by atoms with E-state index in [0.717, 1.165) is 12.2 Å². The zero-order chi connectivity index (χ0) is 8.57. The molecule has 4 nitrogen and oxygen atoms in total. The summed E-state index contributed by atoms with van der Waals surface area (Å²) < 4.78 is 0. The zero-order valence-corrected chi connectivity index (χ0v) is 6.58. The molecule has 6 heteroatoms. The fourth-order valence-corrected chi connectivity index (χ4v) is 0. The third-order valence-electron chi connectivity index (χ3n) is 0.333. The molecule has 0 spiro atoms. The van der Waals surface area contributed by atoms with Gasteiger partial charge in [-0.1, -0.05) is 13.2 Å². The van der Waals surface area contributed by atoms with Gasteiger partial charge in [-0.3, -0.25) is 0 Å². The first kappa shape index (κ1) is 22.9. The van der Waals surface area contributed by atoms with E-state index in [-0.39, 0.29) is 68.2 Å². The third kappa shape index (κ3) is 46.4. The number of rotatable bonds is 2. The van der Waals surface area contributed by atoms with Crippen molar-refractivity contribution in [2.24, 2.45) is 0 Å². The van der Waals surface area contributed by atoms with Gasteiger partial charge in [-0.15, -0.1) is 0 Å². The summed E-state index contributed by atoms with van der Waals surface area (Å²) in [5, 5.41) is 18.3. The van der Waals surface area contributed by atoms with Gasteiger partial charge in [0.2, 0.25) is 0 Å². The maximum absolute atomic E-state index is 9.14. The van der Waals surface area contributed by atoms with Gasteiger partial charge in [0.1, 0.15) is 0 Å². The monoisotopic (exact) mass is 241 g/mol. The van der Waals surface area contributed by atoms with Crippen molar-refractivity contribution in [3.8, 4) is 0 Å². The molecule has 1 radical (unpaired) electrons. The van der Waals surface area contributed by atoms with Crippen molar-refractivity contribution in [3.05, 3.63) is 25.3 Å². The van der Waals surface area contributed by atoms with Crippen LogP contribution >= 0.6 is 0 Å². The molecule has 0 aliphatic carbocycles. The molecule has 0 saturated carbocycles. The molecule has 0 aliphatic heterocycles. The predicted molar refractivity (Wildman–Crippen MR) is 37.6 cm³/mol. The Kier molecular flexibility index (Phi) is 33.6. The molecule has 0 bridgehead atoms. The van der Waals surface area contributed by atoms with Crippen LogP contribution in [0.5, 0.6) is 0 Å². The molecule has 0 saturated heterocycles. The quantitative estimate of drug-likeness (QED) is 0.386. The molecular formula is C6H7CoKO4. The number of hydrogen-bond donors (Lipinski definition) is 0. The first-order chi connectivity index (χ1) is 4.54. The number of aliphatic carboxylic acids is 2. The number of carbonyl (C=O) groups excluding carboxylic acids is 2. The molecule has 0 N–H and O–H groups in total. The summed E-state index contributed by atoms with van der Waals surface area (Å²) in [4.78, 5) is 18.3. The Hall–Kier alpha value is 0.563. The molecule has 0 heterocycles. The Bertz CT molecular complexity index is 140. The van der Waals surface area contributed by atoms with Gasteiger partial charge in [0.15, 0.2) is 0 Å². The summed E-state index contributed by atoms with van der Waals surface area (Å²) in [6.45, 7) is 5.80. The molecule has 0 aromatic rings. The summed E-state index contributed by atoms with van der Waals surface area (Å²) in [7, 11) is 0. The van der Waals surface area contributed by atoms with Crippen molar-refractivity contribution < 1.29 is 36.6 Å². The van der Waals surface area contributed by atoms with E-state index in [9.17, 15) is 0 Å². The first-order valence-electron chi connectivity index (χ1n) is 2.21. The number of carboxylic acid groups (broad SMARTS) is 2. The SMILES string of the molecule is C=CC(=O)[O-].C=CC(=O)[O-].[Co+2].[KH]. The molecule has 0 aromatic carbocycles. The van der Waals surface area contributed by atoms with E-state index in [0.29, 0.717) is 0 Å². The summed E-state index contributed by atoms with van der Waals surface area (Å²) >= 11 is 0.